The Kier molecular flexibility index (Phi) is 4.50. The normalized spacial score (nSPS) is 60.6. The zero-order chi connectivity index (χ0) is 28.6. The number of hydrogen-bond acceptors (Lipinski definition) is 11. The summed E-state index contributed by atoms with van der Waals surface area (Å²) in [4.78, 5) is 54.3. The van der Waals surface area contributed by atoms with E-state index < -0.39 is 105 Å². The van der Waals surface area contributed by atoms with E-state index in [1.54, 1.807) is 13.8 Å². The number of ketones is 2. The molecule has 218 valence electrons. The van der Waals surface area contributed by atoms with Gasteiger partial charge >= 0.3 is 11.9 Å². The van der Waals surface area contributed by atoms with Crippen LogP contribution in [0.4, 0.5) is 0 Å². The zero-order valence-corrected chi connectivity index (χ0v) is 23.3. The number of Topliss-reactive ketones (excluding diaryl/α,β-unsaturated/α-hetero) is 2. The Labute approximate surface area is 231 Å². The van der Waals surface area contributed by atoms with Crippen LogP contribution in [0.1, 0.15) is 66.7 Å². The number of ether oxygens (including phenoxy) is 5. The quantitative estimate of drug-likeness (QED) is 0.400. The summed E-state index contributed by atoms with van der Waals surface area (Å²) in [7, 11) is 0. The summed E-state index contributed by atoms with van der Waals surface area (Å²) in [5, 5.41) is 23.5. The predicted octanol–water partition coefficient (Wildman–Crippen LogP) is 0.598. The Morgan fingerprint density at radius 2 is 1.70 bits per heavy atom. The molecular weight excluding hydrogens is 524 g/mol. The van der Waals surface area contributed by atoms with Gasteiger partial charge in [-0.25, -0.2) is 0 Å². The summed E-state index contributed by atoms with van der Waals surface area (Å²) >= 11 is 0. The van der Waals surface area contributed by atoms with Crippen molar-refractivity contribution in [3.05, 3.63) is 0 Å². The first kappa shape index (κ1) is 25.8. The summed E-state index contributed by atoms with van der Waals surface area (Å²) in [6.45, 7) is 8.62. The summed E-state index contributed by atoms with van der Waals surface area (Å²) in [6.07, 6.45) is -2.79. The number of hydrogen-bond donors (Lipinski definition) is 2. The highest BCUT2D eigenvalue weighted by Gasteiger charge is 2.85. The molecule has 3 spiro atoms. The first-order valence-corrected chi connectivity index (χ1v) is 14.5. The highest BCUT2D eigenvalue weighted by atomic mass is 16.7. The Hall–Kier alpha value is -1.92. The Bertz CT molecular complexity index is 1290. The zero-order valence-electron chi connectivity index (χ0n) is 23.3. The van der Waals surface area contributed by atoms with E-state index in [9.17, 15) is 29.4 Å². The fraction of sp³-hybridized carbons (Fsp3) is 0.862. The minimum atomic E-state index is -1.99. The van der Waals surface area contributed by atoms with Crippen molar-refractivity contribution < 1.29 is 53.1 Å². The second-order valence-electron chi connectivity index (χ2n) is 14.7. The molecule has 11 heteroatoms. The molecule has 2 saturated carbocycles. The number of rotatable bonds is 0. The van der Waals surface area contributed by atoms with Gasteiger partial charge in [0.15, 0.2) is 5.78 Å². The number of aliphatic hydroxyl groups is 2. The summed E-state index contributed by atoms with van der Waals surface area (Å²) in [6, 6.07) is 0. The molecule has 2 bridgehead atoms. The van der Waals surface area contributed by atoms with Gasteiger partial charge in [0.1, 0.15) is 29.5 Å². The lowest BCUT2D eigenvalue weighted by atomic mass is 9.60. The lowest BCUT2D eigenvalue weighted by Crippen LogP contribution is -2.65. The molecular formula is C29H36O11. The molecule has 2 N–H and O–H groups in total. The molecule has 6 aliphatic heterocycles. The lowest BCUT2D eigenvalue weighted by Gasteiger charge is -2.50. The van der Waals surface area contributed by atoms with Crippen LogP contribution in [0.25, 0.3) is 0 Å². The molecule has 6 heterocycles. The van der Waals surface area contributed by atoms with Crippen LogP contribution in [0.5, 0.6) is 0 Å². The van der Waals surface area contributed by atoms with Crippen molar-refractivity contribution in [1.29, 1.82) is 0 Å². The molecule has 0 unspecified atom stereocenters. The van der Waals surface area contributed by atoms with Crippen LogP contribution in [0.3, 0.4) is 0 Å². The summed E-state index contributed by atoms with van der Waals surface area (Å²) in [5.74, 6) is -7.87. The van der Waals surface area contributed by atoms with Crippen LogP contribution in [0.2, 0.25) is 0 Å². The molecule has 6 saturated heterocycles. The second kappa shape index (κ2) is 6.99. The van der Waals surface area contributed by atoms with E-state index in [0.717, 1.165) is 0 Å². The number of esters is 2. The highest BCUT2D eigenvalue weighted by molar-refractivity contribution is 6.00. The number of carbonyl (C=O) groups excluding carboxylic acids is 4. The van der Waals surface area contributed by atoms with Crippen molar-refractivity contribution in [3.8, 4) is 0 Å². The van der Waals surface area contributed by atoms with E-state index >= 15 is 0 Å². The van der Waals surface area contributed by atoms with Crippen molar-refractivity contribution >= 4 is 23.5 Å². The highest BCUT2D eigenvalue weighted by Crippen LogP contribution is 2.71. The summed E-state index contributed by atoms with van der Waals surface area (Å²) in [5.41, 5.74) is -6.27. The third-order valence-electron chi connectivity index (χ3n) is 12.3. The predicted molar refractivity (Wildman–Crippen MR) is 130 cm³/mol. The largest absolute Gasteiger partial charge is 0.459 e. The van der Waals surface area contributed by atoms with Gasteiger partial charge in [-0.3, -0.25) is 19.2 Å². The molecule has 40 heavy (non-hydrogen) atoms. The molecule has 11 nitrogen and oxygen atoms in total. The van der Waals surface area contributed by atoms with Gasteiger partial charge in [-0.1, -0.05) is 6.92 Å². The maximum atomic E-state index is 14.8. The molecule has 0 radical (unpaired) electrons. The first-order chi connectivity index (χ1) is 18.5. The monoisotopic (exact) mass is 560 g/mol. The number of fused-ring (bicyclic) bond motifs is 2. The molecule has 0 amide bonds. The van der Waals surface area contributed by atoms with Crippen molar-refractivity contribution in [2.45, 2.75) is 119 Å². The Balaban J connectivity index is 1.33. The van der Waals surface area contributed by atoms with Gasteiger partial charge in [0.05, 0.1) is 35.6 Å². The smallest absolute Gasteiger partial charge is 0.311 e. The third kappa shape index (κ3) is 2.55. The molecule has 0 aromatic heterocycles. The van der Waals surface area contributed by atoms with E-state index in [4.69, 9.17) is 23.7 Å². The maximum absolute atomic E-state index is 14.8. The van der Waals surface area contributed by atoms with E-state index in [1.807, 2.05) is 13.8 Å². The lowest BCUT2D eigenvalue weighted by molar-refractivity contribution is -0.336. The Morgan fingerprint density at radius 3 is 2.42 bits per heavy atom. The van der Waals surface area contributed by atoms with E-state index in [-0.39, 0.29) is 38.0 Å². The van der Waals surface area contributed by atoms with Gasteiger partial charge in [-0.15, -0.1) is 0 Å². The molecule has 8 rings (SSSR count). The molecule has 2 aliphatic carbocycles. The van der Waals surface area contributed by atoms with Gasteiger partial charge in [-0.2, -0.15) is 0 Å². The summed E-state index contributed by atoms with van der Waals surface area (Å²) < 4.78 is 31.7. The van der Waals surface area contributed by atoms with Crippen molar-refractivity contribution in [2.75, 3.05) is 0 Å². The SMILES string of the molecule is C[C@@H]1C(=O)O[C@H]2[C@@H]1O[C@]13O[C@@]4(CC[C@]5(C)C(=O)[C@](C)(O)[C@H]2[C@H]15)C[C@]12OC(=O)C[C@H]1OC(C)(C)[C@@H]2C[C@H](O)[C@H]4C3=O. The third-order valence-corrected chi connectivity index (χ3v) is 12.3. The molecule has 14 atom stereocenters. The topological polar surface area (TPSA) is 155 Å². The van der Waals surface area contributed by atoms with Gasteiger partial charge in [0.2, 0.25) is 11.6 Å². The molecule has 0 aromatic carbocycles. The van der Waals surface area contributed by atoms with Crippen molar-refractivity contribution in [3.63, 3.8) is 0 Å². The van der Waals surface area contributed by atoms with E-state index in [2.05, 4.69) is 0 Å². The first-order valence-electron chi connectivity index (χ1n) is 14.5. The van der Waals surface area contributed by atoms with Gasteiger partial charge in [0, 0.05) is 29.6 Å². The minimum Gasteiger partial charge on any atom is -0.459 e. The second-order valence-corrected chi connectivity index (χ2v) is 14.7. The molecule has 0 aromatic rings. The molecule has 8 aliphatic rings. The minimum absolute atomic E-state index is 0.0663. The van der Waals surface area contributed by atoms with Crippen LogP contribution in [-0.2, 0) is 42.9 Å². The average molecular weight is 561 g/mol. The van der Waals surface area contributed by atoms with Crippen molar-refractivity contribution in [2.24, 2.45) is 35.0 Å². The van der Waals surface area contributed by atoms with Crippen LogP contribution in [0.15, 0.2) is 0 Å². The van der Waals surface area contributed by atoms with Crippen LogP contribution >= 0.6 is 0 Å². The van der Waals surface area contributed by atoms with Crippen LogP contribution in [-0.4, -0.2) is 86.3 Å². The molecule has 8 fully saturated rings. The van der Waals surface area contributed by atoms with Gasteiger partial charge in [0.25, 0.3) is 0 Å². The number of aliphatic hydroxyl groups excluding tert-OH is 1. The van der Waals surface area contributed by atoms with Crippen LogP contribution < -0.4 is 0 Å². The van der Waals surface area contributed by atoms with Crippen LogP contribution in [0, 0.1) is 35.0 Å². The van der Waals surface area contributed by atoms with E-state index in [0.29, 0.717) is 0 Å². The van der Waals surface area contributed by atoms with Gasteiger partial charge < -0.3 is 33.9 Å². The fourth-order valence-corrected chi connectivity index (χ4v) is 10.8. The fourth-order valence-electron chi connectivity index (χ4n) is 10.8. The van der Waals surface area contributed by atoms with Crippen molar-refractivity contribution in [1.82, 2.24) is 0 Å². The number of carbonyl (C=O) groups is 4. The Morgan fingerprint density at radius 1 is 0.975 bits per heavy atom. The average Bonchev–Trinajstić information content (AvgIpc) is 3.44. The van der Waals surface area contributed by atoms with Gasteiger partial charge in [-0.05, 0) is 47.0 Å². The van der Waals surface area contributed by atoms with E-state index in [1.165, 1.54) is 6.92 Å². The maximum Gasteiger partial charge on any atom is 0.311 e. The standard InChI is InChI=1S/C29H36O11/c1-11-18-19(36-22(11)33)17-20-25(4,23(34)26(17,5)35)6-7-27-10-28-13(24(2,3)37-14(28)9-15(31)38-28)8-12(30)16(27)21(32)29(20,39-18)40-27/h11-14,16-20,30,35H,6-10H2,1-5H3/t11-,12-,13-,14+,16-,17+,18+,19+,20-,25-,26+,27-,28+,29-/m0/s1.